The molecule has 7 nitrogen and oxygen atoms in total. The van der Waals surface area contributed by atoms with Crippen LogP contribution < -0.4 is 0 Å². The number of carbonyl (C=O) groups excluding carboxylic acids is 1. The fourth-order valence-electron chi connectivity index (χ4n) is 1.88. The Morgan fingerprint density at radius 3 is 2.67 bits per heavy atom. The van der Waals surface area contributed by atoms with Gasteiger partial charge in [-0.3, -0.25) is 4.79 Å². The first kappa shape index (κ1) is 15.2. The third-order valence-electron chi connectivity index (χ3n) is 2.92. The molecule has 0 aromatic carbocycles. The van der Waals surface area contributed by atoms with Crippen LogP contribution in [0.2, 0.25) is 0 Å². The summed E-state index contributed by atoms with van der Waals surface area (Å²) in [6.07, 6.45) is 1.43. The zero-order chi connectivity index (χ0) is 15.4. The van der Waals surface area contributed by atoms with E-state index >= 15 is 0 Å². The number of hydrogen-bond donors (Lipinski definition) is 0. The first-order chi connectivity index (χ1) is 9.99. The Bertz CT molecular complexity index is 603. The Labute approximate surface area is 123 Å². The predicted octanol–water partition coefficient (Wildman–Crippen LogP) is 2.09. The Hall–Kier alpha value is -2.18. The Morgan fingerprint density at radius 1 is 1.33 bits per heavy atom. The normalized spacial score (nSPS) is 11.1. The van der Waals surface area contributed by atoms with Crippen molar-refractivity contribution < 1.29 is 13.7 Å². The summed E-state index contributed by atoms with van der Waals surface area (Å²) < 4.78 is 10.6. The molecule has 0 spiro atoms. The van der Waals surface area contributed by atoms with Crippen LogP contribution >= 0.6 is 0 Å². The van der Waals surface area contributed by atoms with Gasteiger partial charge in [0.15, 0.2) is 5.69 Å². The maximum atomic E-state index is 12.2. The maximum absolute atomic E-state index is 12.2. The average molecular weight is 292 g/mol. The zero-order valence-electron chi connectivity index (χ0n) is 12.8. The van der Waals surface area contributed by atoms with Gasteiger partial charge in [0, 0.05) is 26.0 Å². The molecule has 0 radical (unpaired) electrons. The molecule has 2 aromatic rings. The highest BCUT2D eigenvalue weighted by Gasteiger charge is 2.19. The molecule has 0 unspecified atom stereocenters. The van der Waals surface area contributed by atoms with Crippen LogP contribution in [0, 0.1) is 5.92 Å². The van der Waals surface area contributed by atoms with Crippen molar-refractivity contribution >= 4 is 5.91 Å². The molecule has 114 valence electrons. The van der Waals surface area contributed by atoms with Crippen molar-refractivity contribution in [3.05, 3.63) is 29.3 Å². The smallest absolute Gasteiger partial charge is 0.276 e. The van der Waals surface area contributed by atoms with Gasteiger partial charge in [0.25, 0.3) is 5.91 Å². The van der Waals surface area contributed by atoms with Crippen molar-refractivity contribution in [1.29, 1.82) is 0 Å². The largest absolute Gasteiger partial charge is 0.423 e. The Balaban J connectivity index is 1.99. The molecule has 2 rings (SSSR count). The van der Waals surface area contributed by atoms with Gasteiger partial charge in [0.2, 0.25) is 11.8 Å². The number of aryl methyl sites for hydroxylation is 1. The van der Waals surface area contributed by atoms with Gasteiger partial charge in [-0.25, -0.2) is 0 Å². The minimum Gasteiger partial charge on any atom is -0.423 e. The van der Waals surface area contributed by atoms with Crippen LogP contribution in [-0.4, -0.2) is 33.2 Å². The van der Waals surface area contributed by atoms with Gasteiger partial charge in [0.1, 0.15) is 5.76 Å². The van der Waals surface area contributed by atoms with Crippen LogP contribution in [0.5, 0.6) is 0 Å². The summed E-state index contributed by atoms with van der Waals surface area (Å²) >= 11 is 0. The number of rotatable bonds is 6. The summed E-state index contributed by atoms with van der Waals surface area (Å²) in [5.74, 6) is 1.91. The first-order valence-corrected chi connectivity index (χ1v) is 7.02. The van der Waals surface area contributed by atoms with Gasteiger partial charge in [-0.1, -0.05) is 25.9 Å². The second-order valence-corrected chi connectivity index (χ2v) is 5.38. The Kier molecular flexibility index (Phi) is 4.72. The second kappa shape index (κ2) is 6.51. The molecule has 0 N–H and O–H groups in total. The van der Waals surface area contributed by atoms with Crippen molar-refractivity contribution in [2.24, 2.45) is 5.92 Å². The van der Waals surface area contributed by atoms with Gasteiger partial charge in [-0.2, -0.15) is 0 Å². The third kappa shape index (κ3) is 3.90. The lowest BCUT2D eigenvalue weighted by atomic mass is 10.1. The van der Waals surface area contributed by atoms with Gasteiger partial charge in [0.05, 0.1) is 6.54 Å². The molecule has 0 fully saturated rings. The van der Waals surface area contributed by atoms with Crippen LogP contribution in [-0.2, 0) is 19.4 Å². The van der Waals surface area contributed by atoms with E-state index < -0.39 is 0 Å². The van der Waals surface area contributed by atoms with E-state index in [2.05, 4.69) is 29.2 Å². The molecule has 7 heteroatoms. The van der Waals surface area contributed by atoms with Crippen molar-refractivity contribution in [3.63, 3.8) is 0 Å². The predicted molar refractivity (Wildman–Crippen MR) is 74.5 cm³/mol. The van der Waals surface area contributed by atoms with Crippen LogP contribution in [0.4, 0.5) is 0 Å². The number of carbonyl (C=O) groups is 1. The van der Waals surface area contributed by atoms with E-state index in [0.29, 0.717) is 35.6 Å². The minimum atomic E-state index is -0.231. The summed E-state index contributed by atoms with van der Waals surface area (Å²) in [5.41, 5.74) is 0.295. The molecule has 0 saturated carbocycles. The molecule has 0 aliphatic carbocycles. The summed E-state index contributed by atoms with van der Waals surface area (Å²) in [5, 5.41) is 11.6. The first-order valence-electron chi connectivity index (χ1n) is 7.02. The van der Waals surface area contributed by atoms with Gasteiger partial charge in [-0.05, 0) is 5.92 Å². The molecule has 0 saturated heterocycles. The van der Waals surface area contributed by atoms with Gasteiger partial charge >= 0.3 is 0 Å². The standard InChI is InChI=1S/C14H20N4O3/c1-5-12-15-16-13(20-12)8-18(4)14(19)11-7-10(21-17-11)6-9(2)3/h7,9H,5-6,8H2,1-4H3. The summed E-state index contributed by atoms with van der Waals surface area (Å²) in [4.78, 5) is 13.7. The molecule has 0 aliphatic heterocycles. The second-order valence-electron chi connectivity index (χ2n) is 5.38. The van der Waals surface area contributed by atoms with E-state index in [9.17, 15) is 4.79 Å². The van der Waals surface area contributed by atoms with Crippen molar-refractivity contribution in [3.8, 4) is 0 Å². The number of nitrogens with zero attached hydrogens (tertiary/aromatic N) is 4. The molecule has 2 aromatic heterocycles. The lowest BCUT2D eigenvalue weighted by Crippen LogP contribution is -2.26. The fraction of sp³-hybridized carbons (Fsp3) is 0.571. The molecular formula is C14H20N4O3. The fourth-order valence-corrected chi connectivity index (χ4v) is 1.88. The lowest BCUT2D eigenvalue weighted by molar-refractivity contribution is 0.0762. The van der Waals surface area contributed by atoms with Crippen molar-refractivity contribution in [2.45, 2.75) is 40.2 Å². The average Bonchev–Trinajstić information content (AvgIpc) is 3.06. The van der Waals surface area contributed by atoms with E-state index in [1.807, 2.05) is 6.92 Å². The van der Waals surface area contributed by atoms with Crippen LogP contribution in [0.15, 0.2) is 15.0 Å². The molecule has 0 bridgehead atoms. The van der Waals surface area contributed by atoms with E-state index in [-0.39, 0.29) is 12.5 Å². The van der Waals surface area contributed by atoms with Gasteiger partial charge < -0.3 is 13.8 Å². The topological polar surface area (TPSA) is 85.3 Å². The summed E-state index contributed by atoms with van der Waals surface area (Å²) in [6.45, 7) is 6.34. The molecule has 2 heterocycles. The SMILES string of the molecule is CCc1nnc(CN(C)C(=O)c2cc(CC(C)C)on2)o1. The molecule has 1 amide bonds. The summed E-state index contributed by atoms with van der Waals surface area (Å²) in [7, 11) is 1.66. The van der Waals surface area contributed by atoms with Crippen LogP contribution in [0.25, 0.3) is 0 Å². The van der Waals surface area contributed by atoms with Crippen molar-refractivity contribution in [1.82, 2.24) is 20.3 Å². The maximum Gasteiger partial charge on any atom is 0.276 e. The number of amides is 1. The Morgan fingerprint density at radius 2 is 2.05 bits per heavy atom. The molecule has 0 atom stereocenters. The van der Waals surface area contributed by atoms with E-state index in [4.69, 9.17) is 8.94 Å². The van der Waals surface area contributed by atoms with Crippen molar-refractivity contribution in [2.75, 3.05) is 7.05 Å². The highest BCUT2D eigenvalue weighted by Crippen LogP contribution is 2.12. The number of hydrogen-bond acceptors (Lipinski definition) is 6. The zero-order valence-corrected chi connectivity index (χ0v) is 12.8. The molecular weight excluding hydrogens is 272 g/mol. The monoisotopic (exact) mass is 292 g/mol. The van der Waals surface area contributed by atoms with Crippen LogP contribution in [0.3, 0.4) is 0 Å². The van der Waals surface area contributed by atoms with Crippen LogP contribution in [0.1, 0.15) is 48.8 Å². The minimum absolute atomic E-state index is 0.231. The number of aromatic nitrogens is 3. The van der Waals surface area contributed by atoms with E-state index in [1.54, 1.807) is 13.1 Å². The molecule has 0 aliphatic rings. The highest BCUT2D eigenvalue weighted by molar-refractivity contribution is 5.91. The quantitative estimate of drug-likeness (QED) is 0.810. The highest BCUT2D eigenvalue weighted by atomic mass is 16.5. The lowest BCUT2D eigenvalue weighted by Gasteiger charge is -2.12. The van der Waals surface area contributed by atoms with Gasteiger partial charge in [-0.15, -0.1) is 10.2 Å². The molecule has 21 heavy (non-hydrogen) atoms. The third-order valence-corrected chi connectivity index (χ3v) is 2.92. The van der Waals surface area contributed by atoms with E-state index in [0.717, 1.165) is 6.42 Å². The summed E-state index contributed by atoms with van der Waals surface area (Å²) in [6, 6.07) is 1.68. The van der Waals surface area contributed by atoms with E-state index in [1.165, 1.54) is 4.90 Å².